The Kier molecular flexibility index (Phi) is 23.1. The molecule has 0 fully saturated rings. The van der Waals surface area contributed by atoms with Gasteiger partial charge in [0.1, 0.15) is 0 Å². The standard InChI is InChI=1S/4C18H15P.Pb/c4*1-4-10-16(11-5-1)19(17-12-6-2-7-13-17)18-14-8-3-9-15-18;/h4*1-15H;. The van der Waals surface area contributed by atoms with Crippen LogP contribution in [0.25, 0.3) is 0 Å². The van der Waals surface area contributed by atoms with E-state index in [1.165, 1.54) is 63.7 Å². The van der Waals surface area contributed by atoms with Gasteiger partial charge in [-0.25, -0.2) is 0 Å². The molecule has 0 atom stereocenters. The molecule has 0 nitrogen and oxygen atoms in total. The first-order valence-corrected chi connectivity index (χ1v) is 31.0. The minimum atomic E-state index is -0.446. The van der Waals surface area contributed by atoms with Crippen LogP contribution in [0.1, 0.15) is 0 Å². The smallest absolute Gasteiger partial charge is 0 e. The third-order valence-electron chi connectivity index (χ3n) is 12.2. The van der Waals surface area contributed by atoms with Crippen molar-refractivity contribution in [3.63, 3.8) is 0 Å². The first-order chi connectivity index (χ1) is 37.8. The van der Waals surface area contributed by atoms with Crippen LogP contribution in [0.3, 0.4) is 0 Å². The topological polar surface area (TPSA) is 0 Å². The zero-order valence-corrected chi connectivity index (χ0v) is 50.4. The first-order valence-electron chi connectivity index (χ1n) is 25.6. The molecule has 0 bridgehead atoms. The van der Waals surface area contributed by atoms with Crippen LogP contribution >= 0.6 is 31.7 Å². The van der Waals surface area contributed by atoms with Crippen LogP contribution < -0.4 is 63.7 Å². The molecule has 0 saturated carbocycles. The van der Waals surface area contributed by atoms with Crippen molar-refractivity contribution in [1.29, 1.82) is 0 Å². The van der Waals surface area contributed by atoms with Crippen LogP contribution in [-0.4, -0.2) is 27.3 Å². The van der Waals surface area contributed by atoms with Crippen molar-refractivity contribution in [1.82, 2.24) is 0 Å². The normalized spacial score (nSPS) is 10.4. The average molecular weight is 1260 g/mol. The zero-order chi connectivity index (χ0) is 51.7. The molecule has 0 aliphatic rings. The Morgan fingerprint density at radius 2 is 0.169 bits per heavy atom. The summed E-state index contributed by atoms with van der Waals surface area (Å²) < 4.78 is 0. The Balaban J connectivity index is 0.000000135. The van der Waals surface area contributed by atoms with E-state index in [4.69, 9.17) is 0 Å². The second kappa shape index (κ2) is 31.5. The summed E-state index contributed by atoms with van der Waals surface area (Å²) in [6.07, 6.45) is 0. The van der Waals surface area contributed by atoms with E-state index in [1.54, 1.807) is 0 Å². The summed E-state index contributed by atoms with van der Waals surface area (Å²) in [5.74, 6) is 0. The summed E-state index contributed by atoms with van der Waals surface area (Å²) >= 11 is 0. The molecule has 0 saturated heterocycles. The van der Waals surface area contributed by atoms with Gasteiger partial charge < -0.3 is 0 Å². The zero-order valence-electron chi connectivity index (χ0n) is 42.9. The maximum absolute atomic E-state index is 2.23. The molecule has 0 aliphatic carbocycles. The third kappa shape index (κ3) is 16.6. The van der Waals surface area contributed by atoms with Gasteiger partial charge in [-0.2, -0.15) is 0 Å². The predicted octanol–water partition coefficient (Wildman–Crippen LogP) is 13.4. The minimum Gasteiger partial charge on any atom is -0.0622 e. The van der Waals surface area contributed by atoms with Gasteiger partial charge in [-0.3, -0.25) is 0 Å². The SMILES string of the molecule is [Pb].c1ccc(P(c2ccccc2)c2ccccc2)cc1.c1ccc(P(c2ccccc2)c2ccccc2)cc1.c1ccc(P(c2ccccc2)c2ccccc2)cc1.c1ccc(P(c2ccccc2)c2ccccc2)cc1. The quantitative estimate of drug-likeness (QED) is 0.0845. The molecule has 0 aromatic heterocycles. The fourth-order valence-electron chi connectivity index (χ4n) is 8.71. The largest absolute Gasteiger partial charge is 0.0622 e. The second-order valence-electron chi connectivity index (χ2n) is 17.4. The van der Waals surface area contributed by atoms with E-state index in [9.17, 15) is 0 Å². The van der Waals surface area contributed by atoms with E-state index >= 15 is 0 Å². The fraction of sp³-hybridized carbons (Fsp3) is 0. The van der Waals surface area contributed by atoms with Crippen molar-refractivity contribution < 1.29 is 0 Å². The minimum absolute atomic E-state index is 0. The molecular weight excluding hydrogens is 1200 g/mol. The molecule has 0 aliphatic heterocycles. The van der Waals surface area contributed by atoms with Crippen molar-refractivity contribution in [2.24, 2.45) is 0 Å². The Labute approximate surface area is 482 Å². The molecular formula is C72H60P4Pb. The van der Waals surface area contributed by atoms with E-state index in [-0.39, 0.29) is 27.3 Å². The summed E-state index contributed by atoms with van der Waals surface area (Å²) in [6, 6.07) is 129. The summed E-state index contributed by atoms with van der Waals surface area (Å²) in [5, 5.41) is 16.8. The summed E-state index contributed by atoms with van der Waals surface area (Å²) in [4.78, 5) is 0. The van der Waals surface area contributed by atoms with Crippen molar-refractivity contribution in [2.75, 3.05) is 0 Å². The number of hydrogen-bond acceptors (Lipinski definition) is 0. The molecule has 12 aromatic rings. The summed E-state index contributed by atoms with van der Waals surface area (Å²) in [5.41, 5.74) is 0. The predicted molar refractivity (Wildman–Crippen MR) is 346 cm³/mol. The van der Waals surface area contributed by atoms with Gasteiger partial charge >= 0.3 is 0 Å². The van der Waals surface area contributed by atoms with Crippen LogP contribution in [-0.2, 0) is 0 Å². The number of rotatable bonds is 12. The average Bonchev–Trinajstić information content (AvgIpc) is 3.51. The molecule has 0 spiro atoms. The molecule has 77 heavy (non-hydrogen) atoms. The van der Waals surface area contributed by atoms with Gasteiger partial charge in [0.05, 0.1) is 0 Å². The van der Waals surface area contributed by atoms with Gasteiger partial charge in [0.2, 0.25) is 0 Å². The Morgan fingerprint density at radius 3 is 0.234 bits per heavy atom. The molecule has 0 amide bonds. The molecule has 12 aromatic carbocycles. The maximum atomic E-state index is 2.23. The van der Waals surface area contributed by atoms with Gasteiger partial charge in [-0.15, -0.1) is 0 Å². The van der Waals surface area contributed by atoms with Gasteiger partial charge in [-0.05, 0) is 95.3 Å². The van der Waals surface area contributed by atoms with E-state index in [0.717, 1.165) is 0 Å². The van der Waals surface area contributed by atoms with Crippen molar-refractivity contribution in [3.8, 4) is 0 Å². The van der Waals surface area contributed by atoms with Gasteiger partial charge in [0.25, 0.3) is 0 Å². The summed E-state index contributed by atoms with van der Waals surface area (Å²) in [7, 11) is -1.78. The second-order valence-corrected chi connectivity index (χ2v) is 26.2. The van der Waals surface area contributed by atoms with Gasteiger partial charge in [0.15, 0.2) is 0 Å². The van der Waals surface area contributed by atoms with Crippen LogP contribution in [0.2, 0.25) is 0 Å². The van der Waals surface area contributed by atoms with Crippen LogP contribution in [0.15, 0.2) is 364 Å². The van der Waals surface area contributed by atoms with E-state index in [1.807, 2.05) is 0 Å². The molecule has 372 valence electrons. The van der Waals surface area contributed by atoms with E-state index < -0.39 is 31.7 Å². The Bertz CT molecular complexity index is 2580. The number of hydrogen-bond donors (Lipinski definition) is 0. The Hall–Kier alpha value is -6.72. The van der Waals surface area contributed by atoms with E-state index in [2.05, 4.69) is 364 Å². The van der Waals surface area contributed by atoms with Crippen LogP contribution in [0.4, 0.5) is 0 Å². The Morgan fingerprint density at radius 1 is 0.104 bits per heavy atom. The third-order valence-corrected chi connectivity index (χ3v) is 21.9. The molecule has 4 radical (unpaired) electrons. The molecule has 0 heterocycles. The number of benzene rings is 12. The van der Waals surface area contributed by atoms with Crippen LogP contribution in [0.5, 0.6) is 0 Å². The van der Waals surface area contributed by atoms with Crippen LogP contribution in [0, 0.1) is 0 Å². The fourth-order valence-corrected chi connectivity index (χ4v) is 17.9. The molecule has 12 rings (SSSR count). The monoisotopic (exact) mass is 1260 g/mol. The van der Waals surface area contributed by atoms with Crippen molar-refractivity contribution in [3.05, 3.63) is 364 Å². The first kappa shape index (κ1) is 56.5. The van der Waals surface area contributed by atoms with E-state index in [0.29, 0.717) is 0 Å². The van der Waals surface area contributed by atoms with Crippen molar-refractivity contribution >= 4 is 123 Å². The van der Waals surface area contributed by atoms with Gasteiger partial charge in [0, 0.05) is 27.3 Å². The van der Waals surface area contributed by atoms with Crippen molar-refractivity contribution in [2.45, 2.75) is 0 Å². The molecule has 0 N–H and O–H groups in total. The molecule has 5 heteroatoms. The maximum Gasteiger partial charge on any atom is 0 e. The molecule has 0 unspecified atom stereocenters. The van der Waals surface area contributed by atoms with Gasteiger partial charge in [-0.1, -0.05) is 364 Å². The summed E-state index contributed by atoms with van der Waals surface area (Å²) in [6.45, 7) is 0.